The average Bonchev–Trinajstić information content (AvgIpc) is 2.50. The third kappa shape index (κ3) is 1.84. The van der Waals surface area contributed by atoms with E-state index in [1.54, 1.807) is 6.20 Å². The van der Waals surface area contributed by atoms with Crippen LogP contribution in [0.1, 0.15) is 18.4 Å². The Morgan fingerprint density at radius 1 is 1.39 bits per heavy atom. The van der Waals surface area contributed by atoms with E-state index in [0.29, 0.717) is 19.8 Å². The molecule has 3 rings (SSSR count). The molecule has 0 atom stereocenters. The van der Waals surface area contributed by atoms with Crippen LogP contribution in [0.25, 0.3) is 0 Å². The number of rotatable bonds is 0. The van der Waals surface area contributed by atoms with Crippen molar-refractivity contribution in [2.24, 2.45) is 5.41 Å². The fourth-order valence-corrected chi connectivity index (χ4v) is 2.56. The van der Waals surface area contributed by atoms with Crippen molar-refractivity contribution < 1.29 is 9.53 Å². The minimum Gasteiger partial charge on any atom is -0.381 e. The molecule has 0 radical (unpaired) electrons. The molecule has 1 aromatic heterocycles. The summed E-state index contributed by atoms with van der Waals surface area (Å²) in [6.07, 6.45) is 3.33. The molecule has 2 N–H and O–H groups in total. The molecule has 0 unspecified atom stereocenters. The molecule has 96 valence electrons. The second-order valence-corrected chi connectivity index (χ2v) is 5.11. The van der Waals surface area contributed by atoms with Crippen LogP contribution in [0.3, 0.4) is 0 Å². The van der Waals surface area contributed by atoms with Crippen LogP contribution in [0.4, 0.5) is 11.5 Å². The minimum absolute atomic E-state index is 0.0875. The summed E-state index contributed by atoms with van der Waals surface area (Å²) in [6.45, 7) is 3.90. The van der Waals surface area contributed by atoms with E-state index in [0.717, 1.165) is 29.9 Å². The van der Waals surface area contributed by atoms with Crippen LogP contribution in [0.2, 0.25) is 0 Å². The first-order valence-electron chi connectivity index (χ1n) is 6.29. The predicted molar refractivity (Wildman–Crippen MR) is 68.6 cm³/mol. The topological polar surface area (TPSA) is 63.2 Å². The van der Waals surface area contributed by atoms with Gasteiger partial charge in [0.1, 0.15) is 5.82 Å². The normalized spacial score (nSPS) is 21.7. The minimum atomic E-state index is -0.354. The van der Waals surface area contributed by atoms with Gasteiger partial charge in [-0.25, -0.2) is 4.98 Å². The van der Waals surface area contributed by atoms with E-state index in [2.05, 4.69) is 15.6 Å². The average molecular weight is 247 g/mol. The lowest BCUT2D eigenvalue weighted by Crippen LogP contribution is -2.44. The van der Waals surface area contributed by atoms with Gasteiger partial charge in [-0.05, 0) is 31.4 Å². The molecule has 18 heavy (non-hydrogen) atoms. The Labute approximate surface area is 106 Å². The number of fused-ring (bicyclic) bond motifs is 1. The monoisotopic (exact) mass is 247 g/mol. The summed E-state index contributed by atoms with van der Waals surface area (Å²) in [4.78, 5) is 16.8. The molecule has 5 heteroatoms. The molecule has 1 aromatic rings. The molecule has 1 saturated heterocycles. The van der Waals surface area contributed by atoms with E-state index in [9.17, 15) is 4.79 Å². The van der Waals surface area contributed by atoms with E-state index in [1.807, 2.05) is 13.0 Å². The second kappa shape index (κ2) is 4.24. The van der Waals surface area contributed by atoms with Gasteiger partial charge in [0.15, 0.2) is 0 Å². The van der Waals surface area contributed by atoms with Crippen LogP contribution >= 0.6 is 0 Å². The second-order valence-electron chi connectivity index (χ2n) is 5.11. The molecule has 0 aromatic carbocycles. The first kappa shape index (κ1) is 11.5. The van der Waals surface area contributed by atoms with Gasteiger partial charge < -0.3 is 15.4 Å². The van der Waals surface area contributed by atoms with E-state index in [-0.39, 0.29) is 11.3 Å². The highest BCUT2D eigenvalue weighted by molar-refractivity contribution is 5.99. The molecule has 0 saturated carbocycles. The summed E-state index contributed by atoms with van der Waals surface area (Å²) in [6, 6.07) is 1.95. The predicted octanol–water partition coefficient (Wildman–Crippen LogP) is 1.55. The van der Waals surface area contributed by atoms with Gasteiger partial charge in [0.25, 0.3) is 0 Å². The van der Waals surface area contributed by atoms with Gasteiger partial charge in [-0.15, -0.1) is 0 Å². The lowest BCUT2D eigenvalue weighted by atomic mass is 9.79. The quantitative estimate of drug-likeness (QED) is 0.730. The van der Waals surface area contributed by atoms with Crippen molar-refractivity contribution in [2.75, 3.05) is 30.4 Å². The number of carbonyl (C=O) groups is 1. The highest BCUT2D eigenvalue weighted by atomic mass is 16.5. The summed E-state index contributed by atoms with van der Waals surface area (Å²) in [7, 11) is 0. The number of anilines is 2. The summed E-state index contributed by atoms with van der Waals surface area (Å²) < 4.78 is 5.36. The number of aromatic nitrogens is 1. The molecule has 1 amide bonds. The van der Waals surface area contributed by atoms with Crippen LogP contribution in [-0.4, -0.2) is 30.6 Å². The first-order valence-corrected chi connectivity index (χ1v) is 6.29. The zero-order valence-corrected chi connectivity index (χ0v) is 10.5. The van der Waals surface area contributed by atoms with Crippen molar-refractivity contribution in [2.45, 2.75) is 19.8 Å². The van der Waals surface area contributed by atoms with Gasteiger partial charge in [-0.3, -0.25) is 4.79 Å². The highest BCUT2D eigenvalue weighted by Crippen LogP contribution is 2.36. The largest absolute Gasteiger partial charge is 0.381 e. The van der Waals surface area contributed by atoms with Gasteiger partial charge in [-0.2, -0.15) is 0 Å². The Morgan fingerprint density at radius 2 is 2.17 bits per heavy atom. The molecule has 2 aliphatic rings. The van der Waals surface area contributed by atoms with Crippen LogP contribution in [-0.2, 0) is 9.53 Å². The lowest BCUT2D eigenvalue weighted by molar-refractivity contribution is -0.129. The Morgan fingerprint density at radius 3 is 2.94 bits per heavy atom. The highest BCUT2D eigenvalue weighted by Gasteiger charge is 2.41. The van der Waals surface area contributed by atoms with Gasteiger partial charge >= 0.3 is 0 Å². The maximum atomic E-state index is 12.4. The van der Waals surface area contributed by atoms with E-state index in [4.69, 9.17) is 4.74 Å². The van der Waals surface area contributed by atoms with E-state index >= 15 is 0 Å². The Bertz CT molecular complexity index is 481. The molecular weight excluding hydrogens is 230 g/mol. The number of ether oxygens (including phenoxy) is 1. The molecule has 1 fully saturated rings. The Hall–Kier alpha value is -1.62. The lowest BCUT2D eigenvalue weighted by Gasteiger charge is -2.34. The van der Waals surface area contributed by atoms with Crippen LogP contribution in [0.15, 0.2) is 12.3 Å². The first-order chi connectivity index (χ1) is 8.70. The molecule has 0 bridgehead atoms. The van der Waals surface area contributed by atoms with E-state index < -0.39 is 0 Å². The standard InChI is InChI=1S/C13H17N3O2/c1-9-6-10-11(14-7-9)15-8-13(12(17)16-10)2-4-18-5-3-13/h6-7H,2-5,8H2,1H3,(H,14,15)(H,16,17). The maximum absolute atomic E-state index is 12.4. The van der Waals surface area contributed by atoms with E-state index in [1.165, 1.54) is 0 Å². The van der Waals surface area contributed by atoms with Gasteiger partial charge in [0, 0.05) is 26.0 Å². The summed E-state index contributed by atoms with van der Waals surface area (Å²) >= 11 is 0. The zero-order chi connectivity index (χ0) is 12.6. The zero-order valence-electron chi connectivity index (χ0n) is 10.5. The van der Waals surface area contributed by atoms with Crippen molar-refractivity contribution in [3.8, 4) is 0 Å². The third-order valence-electron chi connectivity index (χ3n) is 3.80. The van der Waals surface area contributed by atoms with Crippen LogP contribution in [0.5, 0.6) is 0 Å². The van der Waals surface area contributed by atoms with Gasteiger partial charge in [-0.1, -0.05) is 0 Å². The molecule has 3 heterocycles. The third-order valence-corrected chi connectivity index (χ3v) is 3.80. The van der Waals surface area contributed by atoms with Crippen LogP contribution in [0, 0.1) is 12.3 Å². The number of pyridine rings is 1. The van der Waals surface area contributed by atoms with Crippen molar-refractivity contribution in [1.82, 2.24) is 4.98 Å². The number of amides is 1. The maximum Gasteiger partial charge on any atom is 0.232 e. The smallest absolute Gasteiger partial charge is 0.232 e. The fourth-order valence-electron chi connectivity index (χ4n) is 2.56. The number of nitrogens with zero attached hydrogens (tertiary/aromatic N) is 1. The van der Waals surface area contributed by atoms with Crippen molar-refractivity contribution in [3.05, 3.63) is 17.8 Å². The number of hydrogen-bond acceptors (Lipinski definition) is 4. The number of hydrogen-bond donors (Lipinski definition) is 2. The fraction of sp³-hybridized carbons (Fsp3) is 0.538. The van der Waals surface area contributed by atoms with Gasteiger partial charge in [0.05, 0.1) is 11.1 Å². The number of aryl methyl sites for hydroxylation is 1. The van der Waals surface area contributed by atoms with Gasteiger partial charge in [0.2, 0.25) is 5.91 Å². The van der Waals surface area contributed by atoms with Crippen molar-refractivity contribution in [3.63, 3.8) is 0 Å². The summed E-state index contributed by atoms with van der Waals surface area (Å²) in [5, 5.41) is 6.30. The Kier molecular flexibility index (Phi) is 2.70. The summed E-state index contributed by atoms with van der Waals surface area (Å²) in [5.41, 5.74) is 1.47. The number of nitrogens with one attached hydrogen (secondary N) is 2. The molecule has 5 nitrogen and oxygen atoms in total. The molecular formula is C13H17N3O2. The Balaban J connectivity index is 1.92. The SMILES string of the molecule is Cc1cnc2c(c1)NC(=O)C1(CCOCC1)CN2. The molecule has 2 aliphatic heterocycles. The number of carbonyl (C=O) groups excluding carboxylic acids is 1. The van der Waals surface area contributed by atoms with Crippen molar-refractivity contribution >= 4 is 17.4 Å². The molecule has 0 aliphatic carbocycles. The van der Waals surface area contributed by atoms with Crippen molar-refractivity contribution in [1.29, 1.82) is 0 Å². The van der Waals surface area contributed by atoms with Crippen LogP contribution < -0.4 is 10.6 Å². The summed E-state index contributed by atoms with van der Waals surface area (Å²) in [5.74, 6) is 0.849. The molecule has 1 spiro atoms.